The van der Waals surface area contributed by atoms with Gasteiger partial charge >= 0.3 is 0 Å². The maximum absolute atomic E-state index is 12.4. The van der Waals surface area contributed by atoms with Gasteiger partial charge in [-0.1, -0.05) is 23.8 Å². The molecule has 0 spiro atoms. The van der Waals surface area contributed by atoms with Crippen molar-refractivity contribution in [3.05, 3.63) is 59.0 Å². The number of hydrogen-bond donors (Lipinski definition) is 1. The number of amides is 1. The number of aryl methyl sites for hydroxylation is 2. The summed E-state index contributed by atoms with van der Waals surface area (Å²) in [6, 6.07) is 13.5. The molecule has 0 saturated carbocycles. The van der Waals surface area contributed by atoms with Gasteiger partial charge in [0.25, 0.3) is 5.91 Å². The molecule has 0 radical (unpaired) electrons. The zero-order valence-electron chi connectivity index (χ0n) is 15.8. The van der Waals surface area contributed by atoms with Crippen molar-refractivity contribution in [1.82, 2.24) is 4.98 Å². The lowest BCUT2D eigenvalue weighted by atomic mass is 10.1. The van der Waals surface area contributed by atoms with Gasteiger partial charge < -0.3 is 9.47 Å². The highest BCUT2D eigenvalue weighted by molar-refractivity contribution is 7.14. The van der Waals surface area contributed by atoms with E-state index in [4.69, 9.17) is 9.47 Å². The molecule has 1 aromatic heterocycles. The smallest absolute Gasteiger partial charge is 0.266 e. The first-order valence-electron chi connectivity index (χ1n) is 8.61. The van der Waals surface area contributed by atoms with Gasteiger partial charge in [-0.3, -0.25) is 10.1 Å². The highest BCUT2D eigenvalue weighted by atomic mass is 32.1. The van der Waals surface area contributed by atoms with Gasteiger partial charge in [0, 0.05) is 10.9 Å². The molecule has 1 heterocycles. The topological polar surface area (TPSA) is 60.5 Å². The van der Waals surface area contributed by atoms with E-state index in [0.29, 0.717) is 10.9 Å². The largest absolute Gasteiger partial charge is 0.496 e. The Hall–Kier alpha value is -2.86. The zero-order valence-corrected chi connectivity index (χ0v) is 16.6. The number of nitrogens with zero attached hydrogens (tertiary/aromatic N) is 1. The molecule has 140 valence electrons. The fourth-order valence-electron chi connectivity index (χ4n) is 2.63. The molecule has 0 aliphatic rings. The second-order valence-electron chi connectivity index (χ2n) is 6.31. The Morgan fingerprint density at radius 3 is 2.67 bits per heavy atom. The monoisotopic (exact) mass is 382 g/mol. The van der Waals surface area contributed by atoms with Crippen LogP contribution in [0.1, 0.15) is 18.1 Å². The lowest BCUT2D eigenvalue weighted by Crippen LogP contribution is -2.30. The van der Waals surface area contributed by atoms with Crippen LogP contribution in [0.3, 0.4) is 0 Å². The molecule has 3 aromatic rings. The Morgan fingerprint density at radius 1 is 1.15 bits per heavy atom. The molecule has 0 fully saturated rings. The van der Waals surface area contributed by atoms with Gasteiger partial charge in [-0.15, -0.1) is 11.3 Å². The minimum atomic E-state index is -0.632. The van der Waals surface area contributed by atoms with E-state index in [-0.39, 0.29) is 5.91 Å². The summed E-state index contributed by atoms with van der Waals surface area (Å²) in [5, 5.41) is 5.25. The molecule has 1 N–H and O–H groups in total. The molecule has 0 aliphatic carbocycles. The van der Waals surface area contributed by atoms with Crippen molar-refractivity contribution in [3.8, 4) is 22.8 Å². The van der Waals surface area contributed by atoms with Gasteiger partial charge in [0.2, 0.25) is 0 Å². The number of thiazole rings is 1. The summed E-state index contributed by atoms with van der Waals surface area (Å²) < 4.78 is 11.1. The molecule has 1 amide bonds. The number of hydrogen-bond acceptors (Lipinski definition) is 5. The summed E-state index contributed by atoms with van der Waals surface area (Å²) in [6.07, 6.45) is -0.632. The van der Waals surface area contributed by atoms with E-state index in [0.717, 1.165) is 28.1 Å². The summed E-state index contributed by atoms with van der Waals surface area (Å²) in [5.74, 6) is 1.18. The van der Waals surface area contributed by atoms with Crippen molar-refractivity contribution >= 4 is 22.4 Å². The van der Waals surface area contributed by atoms with Crippen molar-refractivity contribution in [3.63, 3.8) is 0 Å². The van der Waals surface area contributed by atoms with Crippen molar-refractivity contribution in [1.29, 1.82) is 0 Å². The third kappa shape index (κ3) is 4.65. The Kier molecular flexibility index (Phi) is 5.76. The normalized spacial score (nSPS) is 11.7. The zero-order chi connectivity index (χ0) is 19.4. The van der Waals surface area contributed by atoms with Crippen LogP contribution in [0.2, 0.25) is 0 Å². The first-order chi connectivity index (χ1) is 13.0. The number of carbonyl (C=O) groups is 1. The van der Waals surface area contributed by atoms with Crippen molar-refractivity contribution in [2.45, 2.75) is 26.9 Å². The number of carbonyl (C=O) groups excluding carboxylic acids is 1. The molecule has 1 unspecified atom stereocenters. The maximum atomic E-state index is 12.4. The molecule has 0 aliphatic heterocycles. The second-order valence-corrected chi connectivity index (χ2v) is 7.17. The highest BCUT2D eigenvalue weighted by Crippen LogP contribution is 2.33. The van der Waals surface area contributed by atoms with E-state index in [1.54, 1.807) is 14.0 Å². The van der Waals surface area contributed by atoms with Gasteiger partial charge in [0.05, 0.1) is 12.8 Å². The molecule has 0 saturated heterocycles. The summed E-state index contributed by atoms with van der Waals surface area (Å²) in [4.78, 5) is 17.0. The van der Waals surface area contributed by atoms with Crippen molar-refractivity contribution in [2.24, 2.45) is 0 Å². The lowest BCUT2D eigenvalue weighted by Gasteiger charge is -2.14. The minimum Gasteiger partial charge on any atom is -0.496 e. The fraction of sp³-hybridized carbons (Fsp3) is 0.238. The standard InChI is InChI=1S/C21H22N2O3S/c1-13-6-5-7-16(10-13)26-15(3)20(24)23-21-22-18(12-27-21)17-11-14(2)8-9-19(17)25-4/h5-12,15H,1-4H3,(H,22,23,24). The molecular weight excluding hydrogens is 360 g/mol. The molecule has 6 heteroatoms. The molecule has 0 bridgehead atoms. The van der Waals surface area contributed by atoms with Gasteiger partial charge in [-0.25, -0.2) is 4.98 Å². The van der Waals surface area contributed by atoms with E-state index in [9.17, 15) is 4.79 Å². The summed E-state index contributed by atoms with van der Waals surface area (Å²) in [7, 11) is 1.63. The number of rotatable bonds is 6. The fourth-order valence-corrected chi connectivity index (χ4v) is 3.34. The third-order valence-corrected chi connectivity index (χ3v) is 4.79. The number of aromatic nitrogens is 1. The van der Waals surface area contributed by atoms with Crippen LogP contribution in [0.5, 0.6) is 11.5 Å². The Bertz CT molecular complexity index is 952. The van der Waals surface area contributed by atoms with E-state index in [1.165, 1.54) is 11.3 Å². The maximum Gasteiger partial charge on any atom is 0.266 e. The average molecular weight is 382 g/mol. The quantitative estimate of drug-likeness (QED) is 0.663. The number of nitrogens with one attached hydrogen (secondary N) is 1. The van der Waals surface area contributed by atoms with Crippen LogP contribution in [0.25, 0.3) is 11.3 Å². The van der Waals surface area contributed by atoms with E-state index in [2.05, 4.69) is 10.3 Å². The van der Waals surface area contributed by atoms with E-state index >= 15 is 0 Å². The van der Waals surface area contributed by atoms with Crippen molar-refractivity contribution < 1.29 is 14.3 Å². The summed E-state index contributed by atoms with van der Waals surface area (Å²) >= 11 is 1.37. The number of ether oxygens (including phenoxy) is 2. The number of methoxy groups -OCH3 is 1. The Balaban J connectivity index is 1.70. The summed E-state index contributed by atoms with van der Waals surface area (Å²) in [5.41, 5.74) is 3.86. The molecule has 3 rings (SSSR count). The van der Waals surface area contributed by atoms with Crippen LogP contribution < -0.4 is 14.8 Å². The summed E-state index contributed by atoms with van der Waals surface area (Å²) in [6.45, 7) is 5.71. The third-order valence-electron chi connectivity index (χ3n) is 4.04. The van der Waals surface area contributed by atoms with Gasteiger partial charge in [0.15, 0.2) is 11.2 Å². The Labute approximate surface area is 163 Å². The first kappa shape index (κ1) is 18.9. The van der Waals surface area contributed by atoms with Gasteiger partial charge in [0.1, 0.15) is 11.5 Å². The van der Waals surface area contributed by atoms with Crippen LogP contribution >= 0.6 is 11.3 Å². The van der Waals surface area contributed by atoms with Crippen LogP contribution in [0, 0.1) is 13.8 Å². The number of benzene rings is 2. The van der Waals surface area contributed by atoms with Crippen molar-refractivity contribution in [2.75, 3.05) is 12.4 Å². The lowest BCUT2D eigenvalue weighted by molar-refractivity contribution is -0.122. The Morgan fingerprint density at radius 2 is 1.93 bits per heavy atom. The molecule has 2 aromatic carbocycles. The molecule has 1 atom stereocenters. The number of anilines is 1. The predicted octanol–water partition coefficient (Wildman–Crippen LogP) is 4.84. The van der Waals surface area contributed by atoms with Crippen LogP contribution in [-0.4, -0.2) is 24.1 Å². The molecule has 5 nitrogen and oxygen atoms in total. The SMILES string of the molecule is COc1ccc(C)cc1-c1csc(NC(=O)C(C)Oc2cccc(C)c2)n1. The second kappa shape index (κ2) is 8.22. The van der Waals surface area contributed by atoms with E-state index in [1.807, 2.05) is 61.7 Å². The van der Waals surface area contributed by atoms with Crippen LogP contribution in [-0.2, 0) is 4.79 Å². The van der Waals surface area contributed by atoms with E-state index < -0.39 is 6.10 Å². The van der Waals surface area contributed by atoms with Gasteiger partial charge in [-0.05, 0) is 50.6 Å². The average Bonchev–Trinajstić information content (AvgIpc) is 3.10. The van der Waals surface area contributed by atoms with Crippen LogP contribution in [0.4, 0.5) is 5.13 Å². The molecule has 27 heavy (non-hydrogen) atoms. The first-order valence-corrected chi connectivity index (χ1v) is 9.49. The van der Waals surface area contributed by atoms with Gasteiger partial charge in [-0.2, -0.15) is 0 Å². The van der Waals surface area contributed by atoms with Crippen LogP contribution in [0.15, 0.2) is 47.8 Å². The highest BCUT2D eigenvalue weighted by Gasteiger charge is 2.17. The predicted molar refractivity (Wildman–Crippen MR) is 109 cm³/mol. The minimum absolute atomic E-state index is 0.242. The molecular formula is C21H22N2O3S.